The number of halogens is 1. The monoisotopic (exact) mass is 350 g/mol. The highest BCUT2D eigenvalue weighted by Crippen LogP contribution is 2.21. The zero-order valence-electron chi connectivity index (χ0n) is 11.2. The summed E-state index contributed by atoms with van der Waals surface area (Å²) in [5, 5.41) is 4.16. The van der Waals surface area contributed by atoms with Crippen molar-refractivity contribution < 1.29 is 0 Å². The van der Waals surface area contributed by atoms with E-state index in [0.717, 1.165) is 27.1 Å². The summed E-state index contributed by atoms with van der Waals surface area (Å²) in [5.41, 5.74) is 12.3. The topological polar surface area (TPSA) is 55.3 Å². The fourth-order valence-corrected chi connectivity index (χ4v) is 2.39. The number of rotatable bonds is 3. The molecule has 0 atom stereocenters. The molecule has 6 heteroatoms. The second-order valence-electron chi connectivity index (χ2n) is 4.37. The molecule has 0 fully saturated rings. The maximum Gasteiger partial charge on any atom is 0.184 e. The predicted molar refractivity (Wildman–Crippen MR) is 90.5 cm³/mol. The van der Waals surface area contributed by atoms with E-state index in [4.69, 9.17) is 18.0 Å². The highest BCUT2D eigenvalue weighted by atomic mass is 79.9. The number of hydrazone groups is 1. The molecule has 0 spiro atoms. The molecule has 0 aliphatic heterocycles. The van der Waals surface area contributed by atoms with Gasteiger partial charge in [0.05, 0.1) is 6.21 Å². The summed E-state index contributed by atoms with van der Waals surface area (Å²) < 4.78 is 3.24. The van der Waals surface area contributed by atoms with Gasteiger partial charge in [0, 0.05) is 27.1 Å². The first-order valence-electron chi connectivity index (χ1n) is 6.02. The van der Waals surface area contributed by atoms with Gasteiger partial charge in [-0.15, -0.1) is 0 Å². The van der Waals surface area contributed by atoms with Gasteiger partial charge in [0.2, 0.25) is 0 Å². The quantitative estimate of drug-likeness (QED) is 0.508. The van der Waals surface area contributed by atoms with E-state index in [9.17, 15) is 0 Å². The van der Waals surface area contributed by atoms with Crippen LogP contribution in [0.5, 0.6) is 0 Å². The van der Waals surface area contributed by atoms with Gasteiger partial charge in [0.1, 0.15) is 0 Å². The van der Waals surface area contributed by atoms with Crippen LogP contribution in [0, 0.1) is 13.8 Å². The van der Waals surface area contributed by atoms with Gasteiger partial charge < -0.3 is 10.3 Å². The lowest BCUT2D eigenvalue weighted by Gasteiger charge is -2.09. The third-order valence-electron chi connectivity index (χ3n) is 2.93. The van der Waals surface area contributed by atoms with Crippen LogP contribution in [0.4, 0.5) is 0 Å². The molecular weight excluding hydrogens is 336 g/mol. The molecule has 104 valence electrons. The number of hydrogen-bond acceptors (Lipinski definition) is 2. The molecule has 2 rings (SSSR count). The van der Waals surface area contributed by atoms with Crippen LogP contribution in [0.1, 0.15) is 17.0 Å². The summed E-state index contributed by atoms with van der Waals surface area (Å²) in [6.45, 7) is 4.12. The van der Waals surface area contributed by atoms with E-state index in [1.807, 2.05) is 12.1 Å². The molecule has 2 aromatic rings. The maximum atomic E-state index is 5.33. The Morgan fingerprint density at radius 1 is 1.35 bits per heavy atom. The Kier molecular flexibility index (Phi) is 4.57. The fraction of sp³-hybridized carbons (Fsp3) is 0.143. The normalized spacial score (nSPS) is 10.9. The van der Waals surface area contributed by atoms with Gasteiger partial charge >= 0.3 is 0 Å². The predicted octanol–water partition coefficient (Wildman–Crippen LogP) is 3.02. The Morgan fingerprint density at radius 2 is 2.00 bits per heavy atom. The van der Waals surface area contributed by atoms with E-state index in [2.05, 4.69) is 63.1 Å². The molecule has 0 unspecified atom stereocenters. The van der Waals surface area contributed by atoms with Gasteiger partial charge in [-0.3, -0.25) is 5.43 Å². The lowest BCUT2D eigenvalue weighted by atomic mass is 10.2. The number of thiocarbonyl (C=S) groups is 1. The molecule has 1 aromatic carbocycles. The lowest BCUT2D eigenvalue weighted by molar-refractivity contribution is 0.963. The first kappa shape index (κ1) is 14.7. The lowest BCUT2D eigenvalue weighted by Crippen LogP contribution is -2.24. The van der Waals surface area contributed by atoms with Crippen molar-refractivity contribution in [3.63, 3.8) is 0 Å². The Morgan fingerprint density at radius 3 is 2.60 bits per heavy atom. The molecule has 0 amide bonds. The van der Waals surface area contributed by atoms with Crippen molar-refractivity contribution in [1.29, 1.82) is 0 Å². The van der Waals surface area contributed by atoms with E-state index < -0.39 is 0 Å². The molecule has 0 aliphatic carbocycles. The Bertz CT molecular complexity index is 659. The standard InChI is InChI=1S/C14H15BrN4S/c1-9-7-11(8-17-18-14(16)20)10(2)19(9)13-5-3-12(15)4-6-13/h3-8H,1-2H3,(H3,16,18,20)/b17-8+. The molecule has 4 nitrogen and oxygen atoms in total. The number of nitrogens with one attached hydrogen (secondary N) is 1. The zero-order chi connectivity index (χ0) is 14.7. The molecule has 1 aromatic heterocycles. The van der Waals surface area contributed by atoms with Crippen LogP contribution < -0.4 is 11.2 Å². The Labute approximate surface area is 131 Å². The van der Waals surface area contributed by atoms with Gasteiger partial charge in [-0.2, -0.15) is 5.10 Å². The highest BCUT2D eigenvalue weighted by Gasteiger charge is 2.09. The molecule has 20 heavy (non-hydrogen) atoms. The number of aryl methyl sites for hydroxylation is 1. The van der Waals surface area contributed by atoms with Crippen molar-refractivity contribution >= 4 is 39.5 Å². The Balaban J connectivity index is 2.36. The van der Waals surface area contributed by atoms with Crippen LogP contribution in [-0.2, 0) is 0 Å². The summed E-state index contributed by atoms with van der Waals surface area (Å²) in [4.78, 5) is 0. The fourth-order valence-electron chi connectivity index (χ4n) is 2.07. The minimum Gasteiger partial charge on any atom is -0.375 e. The van der Waals surface area contributed by atoms with Crippen LogP contribution in [0.15, 0.2) is 39.9 Å². The Hall–Kier alpha value is -1.66. The first-order valence-corrected chi connectivity index (χ1v) is 7.22. The van der Waals surface area contributed by atoms with Crippen molar-refractivity contribution in [1.82, 2.24) is 9.99 Å². The smallest absolute Gasteiger partial charge is 0.184 e. The summed E-state index contributed by atoms with van der Waals surface area (Å²) in [5.74, 6) is 0. The van der Waals surface area contributed by atoms with Gasteiger partial charge in [-0.25, -0.2) is 0 Å². The number of hydrogen-bond donors (Lipinski definition) is 2. The van der Waals surface area contributed by atoms with Crippen molar-refractivity contribution in [2.45, 2.75) is 13.8 Å². The van der Waals surface area contributed by atoms with Gasteiger partial charge in [-0.1, -0.05) is 15.9 Å². The van der Waals surface area contributed by atoms with E-state index in [1.165, 1.54) is 0 Å². The zero-order valence-corrected chi connectivity index (χ0v) is 13.6. The second kappa shape index (κ2) is 6.19. The van der Waals surface area contributed by atoms with Gasteiger partial charge in [0.25, 0.3) is 0 Å². The molecule has 0 saturated heterocycles. The summed E-state index contributed by atoms with van der Waals surface area (Å²) in [7, 11) is 0. The van der Waals surface area contributed by atoms with E-state index in [1.54, 1.807) is 6.21 Å². The molecule has 0 aliphatic rings. The number of nitrogens with zero attached hydrogens (tertiary/aromatic N) is 2. The van der Waals surface area contributed by atoms with E-state index in [0.29, 0.717) is 0 Å². The third kappa shape index (κ3) is 3.26. The highest BCUT2D eigenvalue weighted by molar-refractivity contribution is 9.10. The van der Waals surface area contributed by atoms with Gasteiger partial charge in [-0.05, 0) is 56.4 Å². The van der Waals surface area contributed by atoms with Crippen LogP contribution in [0.2, 0.25) is 0 Å². The molecule has 0 saturated carbocycles. The van der Waals surface area contributed by atoms with Crippen LogP contribution >= 0.6 is 28.1 Å². The first-order chi connectivity index (χ1) is 9.49. The average Bonchev–Trinajstić information content (AvgIpc) is 2.66. The van der Waals surface area contributed by atoms with Crippen LogP contribution in [0.25, 0.3) is 5.69 Å². The minimum atomic E-state index is 0.156. The molecule has 0 bridgehead atoms. The SMILES string of the molecule is Cc1cc(/C=N/NC(N)=S)c(C)n1-c1ccc(Br)cc1. The molecule has 1 heterocycles. The van der Waals surface area contributed by atoms with Crippen molar-refractivity contribution in [3.8, 4) is 5.69 Å². The molecular formula is C14H15BrN4S. The number of aromatic nitrogens is 1. The summed E-state index contributed by atoms with van der Waals surface area (Å²) in [6, 6.07) is 10.3. The molecule has 0 radical (unpaired) electrons. The minimum absolute atomic E-state index is 0.156. The van der Waals surface area contributed by atoms with Crippen molar-refractivity contribution in [3.05, 3.63) is 51.8 Å². The summed E-state index contributed by atoms with van der Waals surface area (Å²) in [6.07, 6.45) is 1.72. The van der Waals surface area contributed by atoms with Gasteiger partial charge in [0.15, 0.2) is 5.11 Å². The van der Waals surface area contributed by atoms with Crippen LogP contribution in [-0.4, -0.2) is 15.9 Å². The second-order valence-corrected chi connectivity index (χ2v) is 5.73. The number of nitrogens with two attached hydrogens (primary N) is 1. The van der Waals surface area contributed by atoms with E-state index >= 15 is 0 Å². The van der Waals surface area contributed by atoms with Crippen molar-refractivity contribution in [2.24, 2.45) is 10.8 Å². The summed E-state index contributed by atoms with van der Waals surface area (Å²) >= 11 is 8.15. The third-order valence-corrected chi connectivity index (χ3v) is 3.55. The largest absolute Gasteiger partial charge is 0.375 e. The molecule has 3 N–H and O–H groups in total. The number of benzene rings is 1. The van der Waals surface area contributed by atoms with E-state index in [-0.39, 0.29) is 5.11 Å². The maximum absolute atomic E-state index is 5.33. The van der Waals surface area contributed by atoms with Crippen molar-refractivity contribution in [2.75, 3.05) is 0 Å². The average molecular weight is 351 g/mol. The van der Waals surface area contributed by atoms with Crippen LogP contribution in [0.3, 0.4) is 0 Å².